The van der Waals surface area contributed by atoms with E-state index >= 15 is 0 Å². The number of nitrogens with one attached hydrogen (secondary N) is 3. The number of aromatic nitrogens is 4. The third-order valence-electron chi connectivity index (χ3n) is 5.34. The van der Waals surface area contributed by atoms with Crippen molar-refractivity contribution in [3.8, 4) is 0 Å². The Labute approximate surface area is 194 Å². The summed E-state index contributed by atoms with van der Waals surface area (Å²) in [7, 11) is 0. The Morgan fingerprint density at radius 3 is 2.97 bits per heavy atom. The quantitative estimate of drug-likeness (QED) is 0.234. The minimum Gasteiger partial charge on any atom is -0.365 e. The molecule has 0 unspecified atom stereocenters. The number of carbonyl (C=O) groups is 1. The van der Waals surface area contributed by atoms with Gasteiger partial charge in [0.15, 0.2) is 5.82 Å². The van der Waals surface area contributed by atoms with Crippen molar-refractivity contribution >= 4 is 34.2 Å². The van der Waals surface area contributed by atoms with Gasteiger partial charge in [0.25, 0.3) is 5.56 Å². The molecule has 0 radical (unpaired) electrons. The molecule has 0 aliphatic carbocycles. The largest absolute Gasteiger partial charge is 0.365 e. The van der Waals surface area contributed by atoms with E-state index in [4.69, 9.17) is 11.6 Å². The van der Waals surface area contributed by atoms with Crippen molar-refractivity contribution in [1.82, 2.24) is 19.9 Å². The number of nitrogens with zero attached hydrogens (tertiary/aromatic N) is 3. The van der Waals surface area contributed by atoms with Crippen molar-refractivity contribution in [3.63, 3.8) is 0 Å². The lowest BCUT2D eigenvalue weighted by molar-refractivity contribution is -0.909. The van der Waals surface area contributed by atoms with Crippen LogP contribution < -0.4 is 20.9 Å². The molecule has 0 atom stereocenters. The van der Waals surface area contributed by atoms with Crippen LogP contribution in [0.3, 0.4) is 0 Å². The van der Waals surface area contributed by atoms with Crippen molar-refractivity contribution in [2.45, 2.75) is 26.4 Å². The topological polar surface area (TPSA) is 116 Å². The lowest BCUT2D eigenvalue weighted by Crippen LogP contribution is -2.36. The van der Waals surface area contributed by atoms with Crippen molar-refractivity contribution in [3.05, 3.63) is 87.3 Å². The number of aryl methyl sites for hydroxylation is 1. The van der Waals surface area contributed by atoms with Crippen LogP contribution in [0.25, 0.3) is 10.9 Å². The molecule has 1 aromatic carbocycles. The number of pyridine rings is 1. The number of hydrogen-bond donors (Lipinski definition) is 4. The Balaban J connectivity index is 1.38. The predicted molar refractivity (Wildman–Crippen MR) is 124 cm³/mol. The lowest BCUT2D eigenvalue weighted by Gasteiger charge is -2.12. The average Bonchev–Trinajstić information content (AvgIpc) is 3.18. The Morgan fingerprint density at radius 2 is 2.15 bits per heavy atom. The van der Waals surface area contributed by atoms with E-state index < -0.39 is 0 Å². The second-order valence-electron chi connectivity index (χ2n) is 7.65. The molecule has 10 heteroatoms. The summed E-state index contributed by atoms with van der Waals surface area (Å²) in [5.41, 5.74) is 2.72. The number of anilines is 1. The second kappa shape index (κ2) is 9.74. The van der Waals surface area contributed by atoms with Crippen LogP contribution in [0.1, 0.15) is 17.0 Å². The molecule has 4 aromatic rings. The second-order valence-corrected chi connectivity index (χ2v) is 8.05. The Morgan fingerprint density at radius 1 is 1.30 bits per heavy atom. The average molecular weight is 468 g/mol. The van der Waals surface area contributed by atoms with Crippen LogP contribution in [0.15, 0.2) is 59.8 Å². The van der Waals surface area contributed by atoms with E-state index in [1.165, 1.54) is 10.8 Å². The molecule has 170 valence electrons. The number of carbonyl (C=O) groups excluding carboxylic acids is 1. The van der Waals surface area contributed by atoms with Crippen molar-refractivity contribution < 1.29 is 14.7 Å². The number of benzene rings is 1. The fourth-order valence-corrected chi connectivity index (χ4v) is 3.72. The summed E-state index contributed by atoms with van der Waals surface area (Å²) < 4.78 is 2.42. The van der Waals surface area contributed by atoms with Gasteiger partial charge in [0.05, 0.1) is 11.4 Å². The van der Waals surface area contributed by atoms with Crippen molar-refractivity contribution in [2.24, 2.45) is 0 Å². The molecule has 4 rings (SSSR count). The number of hydrogen-bond acceptors (Lipinski definition) is 5. The molecule has 0 spiro atoms. The van der Waals surface area contributed by atoms with Crippen LogP contribution in [0.2, 0.25) is 5.02 Å². The summed E-state index contributed by atoms with van der Waals surface area (Å²) in [6.07, 6.45) is 5.30. The molecule has 4 N–H and O–H groups in total. The van der Waals surface area contributed by atoms with Gasteiger partial charge >= 0.3 is 0 Å². The number of amides is 1. The molecule has 0 aliphatic rings. The molecule has 1 amide bonds. The van der Waals surface area contributed by atoms with Gasteiger partial charge in [-0.2, -0.15) is 0 Å². The number of rotatable bonds is 8. The van der Waals surface area contributed by atoms with Gasteiger partial charge in [0, 0.05) is 58.9 Å². The summed E-state index contributed by atoms with van der Waals surface area (Å²) >= 11 is 6.16. The normalized spacial score (nSPS) is 11.0. The van der Waals surface area contributed by atoms with Crippen LogP contribution in [0.4, 0.5) is 5.82 Å². The summed E-state index contributed by atoms with van der Waals surface area (Å²) in [6.45, 7) is 2.32. The third kappa shape index (κ3) is 5.15. The standard InChI is InChI=1S/C23H23ClN6O3/c1-15-11-28-22(25-8-7-17-4-2-3-9-30(17)33)23(32)29(15)14-21(31)27-12-16-5-6-20-18(10-16)19(24)13-26-20/h2-6,9-11,13,26H,7-8,12,14H2,1H3,(H2-,25,27,28,31,33)/p+1. The number of H-pyrrole nitrogens is 1. The van der Waals surface area contributed by atoms with Crippen LogP contribution in [-0.4, -0.2) is 32.2 Å². The molecule has 0 saturated heterocycles. The van der Waals surface area contributed by atoms with Gasteiger partial charge in [0.2, 0.25) is 17.8 Å². The monoisotopic (exact) mass is 467 g/mol. The zero-order chi connectivity index (χ0) is 23.4. The first-order valence-corrected chi connectivity index (χ1v) is 10.8. The van der Waals surface area contributed by atoms with Crippen LogP contribution in [-0.2, 0) is 24.3 Å². The maximum Gasteiger partial charge on any atom is 0.293 e. The van der Waals surface area contributed by atoms with Crippen LogP contribution >= 0.6 is 11.6 Å². The number of fused-ring (bicyclic) bond motifs is 1. The van der Waals surface area contributed by atoms with E-state index in [2.05, 4.69) is 20.6 Å². The molecule has 0 fully saturated rings. The molecule has 0 saturated carbocycles. The van der Waals surface area contributed by atoms with E-state index in [-0.39, 0.29) is 23.8 Å². The molecule has 3 heterocycles. The van der Waals surface area contributed by atoms with Gasteiger partial charge in [-0.05, 0) is 30.7 Å². The van der Waals surface area contributed by atoms with E-state index in [1.807, 2.05) is 24.3 Å². The first-order chi connectivity index (χ1) is 15.9. The fourth-order valence-electron chi connectivity index (χ4n) is 3.51. The summed E-state index contributed by atoms with van der Waals surface area (Å²) in [6, 6.07) is 11.1. The van der Waals surface area contributed by atoms with Gasteiger partial charge in [-0.3, -0.25) is 19.4 Å². The highest BCUT2D eigenvalue weighted by Crippen LogP contribution is 2.23. The first-order valence-electron chi connectivity index (χ1n) is 10.4. The van der Waals surface area contributed by atoms with E-state index in [0.717, 1.165) is 21.2 Å². The number of aromatic amines is 1. The van der Waals surface area contributed by atoms with Gasteiger partial charge in [-0.1, -0.05) is 17.7 Å². The SMILES string of the molecule is Cc1cnc(NCCc2cccc[n+]2O)c(=O)n1CC(=O)NCc1ccc2[nH]cc(Cl)c2c1. The Hall–Kier alpha value is -3.85. The highest BCUT2D eigenvalue weighted by molar-refractivity contribution is 6.35. The van der Waals surface area contributed by atoms with Crippen molar-refractivity contribution in [2.75, 3.05) is 11.9 Å². The zero-order valence-corrected chi connectivity index (χ0v) is 18.8. The van der Waals surface area contributed by atoms with Crippen LogP contribution in [0, 0.1) is 6.92 Å². The third-order valence-corrected chi connectivity index (χ3v) is 5.65. The fraction of sp³-hybridized carbons (Fsp3) is 0.217. The first kappa shape index (κ1) is 22.3. The smallest absolute Gasteiger partial charge is 0.293 e. The maximum atomic E-state index is 12.8. The summed E-state index contributed by atoms with van der Waals surface area (Å²) in [5.74, 6) is -0.135. The lowest BCUT2D eigenvalue weighted by atomic mass is 10.1. The van der Waals surface area contributed by atoms with Gasteiger partial charge in [-0.25, -0.2) is 4.98 Å². The highest BCUT2D eigenvalue weighted by Gasteiger charge is 2.13. The summed E-state index contributed by atoms with van der Waals surface area (Å²) in [4.78, 5) is 32.6. The minimum absolute atomic E-state index is 0.121. The minimum atomic E-state index is -0.379. The zero-order valence-electron chi connectivity index (χ0n) is 18.0. The van der Waals surface area contributed by atoms with E-state index in [9.17, 15) is 14.8 Å². The van der Waals surface area contributed by atoms with E-state index in [1.54, 1.807) is 31.5 Å². The molecular formula is C23H24ClN6O3+. The van der Waals surface area contributed by atoms with Gasteiger partial charge in [0.1, 0.15) is 6.54 Å². The molecular weight excluding hydrogens is 444 g/mol. The van der Waals surface area contributed by atoms with Crippen molar-refractivity contribution in [1.29, 1.82) is 0 Å². The molecule has 33 heavy (non-hydrogen) atoms. The number of halogens is 1. The highest BCUT2D eigenvalue weighted by atomic mass is 35.5. The maximum absolute atomic E-state index is 12.8. The van der Waals surface area contributed by atoms with Gasteiger partial charge in [-0.15, -0.1) is 0 Å². The van der Waals surface area contributed by atoms with Crippen LogP contribution in [0.5, 0.6) is 0 Å². The molecule has 0 bridgehead atoms. The Bertz CT molecular complexity index is 1360. The van der Waals surface area contributed by atoms with E-state index in [0.29, 0.717) is 35.9 Å². The predicted octanol–water partition coefficient (Wildman–Crippen LogP) is 2.18. The molecule has 0 aliphatic heterocycles. The molecule has 9 nitrogen and oxygen atoms in total. The Kier molecular flexibility index (Phi) is 6.60. The molecule has 3 aromatic heterocycles. The van der Waals surface area contributed by atoms with Gasteiger partial charge < -0.3 is 15.6 Å². The summed E-state index contributed by atoms with van der Waals surface area (Å²) in [5, 5.41) is 17.1.